The van der Waals surface area contributed by atoms with E-state index in [4.69, 9.17) is 14.9 Å². The fourth-order valence-electron chi connectivity index (χ4n) is 2.55. The number of nitrogens with two attached hydrogens (primary N) is 1. The van der Waals surface area contributed by atoms with Crippen LogP contribution >= 0.6 is 0 Å². The maximum atomic E-state index is 12.5. The molecular formula is C19H21N5O4. The van der Waals surface area contributed by atoms with Crippen molar-refractivity contribution in [3.05, 3.63) is 53.9 Å². The largest absolute Gasteiger partial charge is 0.496 e. The molecular weight excluding hydrogens is 362 g/mol. The maximum absolute atomic E-state index is 12.5. The van der Waals surface area contributed by atoms with Crippen LogP contribution in [0.2, 0.25) is 0 Å². The molecule has 0 saturated heterocycles. The van der Waals surface area contributed by atoms with Crippen LogP contribution in [0.15, 0.2) is 47.1 Å². The number of H-pyrrole nitrogens is 1. The molecule has 9 nitrogen and oxygen atoms in total. The third-order valence-corrected chi connectivity index (χ3v) is 3.97. The molecule has 9 heteroatoms. The number of anilines is 1. The molecule has 2 amide bonds. The van der Waals surface area contributed by atoms with Crippen molar-refractivity contribution in [2.45, 2.75) is 6.42 Å². The van der Waals surface area contributed by atoms with E-state index >= 15 is 0 Å². The van der Waals surface area contributed by atoms with Gasteiger partial charge in [0.05, 0.1) is 18.9 Å². The monoisotopic (exact) mass is 383 g/mol. The van der Waals surface area contributed by atoms with E-state index in [0.717, 1.165) is 0 Å². The van der Waals surface area contributed by atoms with Crippen LogP contribution in [0.5, 0.6) is 5.75 Å². The van der Waals surface area contributed by atoms with Crippen LogP contribution in [0.4, 0.5) is 5.69 Å². The van der Waals surface area contributed by atoms with Crippen molar-refractivity contribution in [3.8, 4) is 17.2 Å². The SMILES string of the molecule is COc1ccc(NC(=O)c2cc(-c3ccco3)[nH]n2)cc1C(=O)NCCCN. The molecule has 146 valence electrons. The number of furan rings is 1. The van der Waals surface area contributed by atoms with Crippen molar-refractivity contribution in [2.75, 3.05) is 25.5 Å². The number of hydrogen-bond acceptors (Lipinski definition) is 6. The molecule has 0 spiro atoms. The van der Waals surface area contributed by atoms with E-state index < -0.39 is 5.91 Å². The molecule has 0 unspecified atom stereocenters. The summed E-state index contributed by atoms with van der Waals surface area (Å²) < 4.78 is 10.5. The Morgan fingerprint density at radius 2 is 2.11 bits per heavy atom. The Hall–Kier alpha value is -3.59. The lowest BCUT2D eigenvalue weighted by Gasteiger charge is -2.11. The van der Waals surface area contributed by atoms with Gasteiger partial charge in [-0.3, -0.25) is 14.7 Å². The fraction of sp³-hybridized carbons (Fsp3) is 0.211. The summed E-state index contributed by atoms with van der Waals surface area (Å²) in [4.78, 5) is 24.8. The first-order valence-electron chi connectivity index (χ1n) is 8.69. The lowest BCUT2D eigenvalue weighted by Crippen LogP contribution is -2.26. The number of amides is 2. The van der Waals surface area contributed by atoms with Crippen LogP contribution in [-0.2, 0) is 0 Å². The zero-order valence-corrected chi connectivity index (χ0v) is 15.3. The molecule has 28 heavy (non-hydrogen) atoms. The number of carbonyl (C=O) groups excluding carboxylic acids is 2. The van der Waals surface area contributed by atoms with Gasteiger partial charge in [0, 0.05) is 18.3 Å². The van der Waals surface area contributed by atoms with Gasteiger partial charge in [0.25, 0.3) is 11.8 Å². The van der Waals surface area contributed by atoms with E-state index in [-0.39, 0.29) is 11.6 Å². The Balaban J connectivity index is 1.74. The number of nitrogens with zero attached hydrogens (tertiary/aromatic N) is 1. The second-order valence-corrected chi connectivity index (χ2v) is 5.91. The molecule has 0 aliphatic heterocycles. The highest BCUT2D eigenvalue weighted by atomic mass is 16.5. The third-order valence-electron chi connectivity index (χ3n) is 3.97. The molecule has 3 aromatic rings. The quantitative estimate of drug-likeness (QED) is 0.439. The summed E-state index contributed by atoms with van der Waals surface area (Å²) in [6, 6.07) is 9.90. The molecule has 1 aromatic carbocycles. The second kappa shape index (κ2) is 8.87. The molecule has 0 aliphatic rings. The van der Waals surface area contributed by atoms with Crippen LogP contribution < -0.4 is 21.1 Å². The predicted molar refractivity (Wildman–Crippen MR) is 103 cm³/mol. The molecule has 0 radical (unpaired) electrons. The Morgan fingerprint density at radius 3 is 2.82 bits per heavy atom. The predicted octanol–water partition coefficient (Wildman–Crippen LogP) is 2.01. The number of methoxy groups -OCH3 is 1. The summed E-state index contributed by atoms with van der Waals surface area (Å²) in [6.07, 6.45) is 2.20. The van der Waals surface area contributed by atoms with Gasteiger partial charge in [0.2, 0.25) is 0 Å². The Bertz CT molecular complexity index is 949. The summed E-state index contributed by atoms with van der Waals surface area (Å²) in [5.74, 6) is 0.255. The topological polar surface area (TPSA) is 135 Å². The lowest BCUT2D eigenvalue weighted by atomic mass is 10.1. The van der Waals surface area contributed by atoms with Crippen LogP contribution in [-0.4, -0.2) is 42.2 Å². The van der Waals surface area contributed by atoms with Gasteiger partial charge in [0.1, 0.15) is 11.4 Å². The van der Waals surface area contributed by atoms with Crippen LogP contribution in [0.3, 0.4) is 0 Å². The highest BCUT2D eigenvalue weighted by Crippen LogP contribution is 2.23. The zero-order chi connectivity index (χ0) is 19.9. The average Bonchev–Trinajstić information content (AvgIpc) is 3.39. The van der Waals surface area contributed by atoms with Gasteiger partial charge in [-0.05, 0) is 43.3 Å². The fourth-order valence-corrected chi connectivity index (χ4v) is 2.55. The third kappa shape index (κ3) is 4.38. The first-order valence-corrected chi connectivity index (χ1v) is 8.69. The van der Waals surface area contributed by atoms with Crippen molar-refractivity contribution < 1.29 is 18.7 Å². The molecule has 2 aromatic heterocycles. The smallest absolute Gasteiger partial charge is 0.276 e. The first kappa shape index (κ1) is 19.2. The Kier molecular flexibility index (Phi) is 6.07. The van der Waals surface area contributed by atoms with Crippen molar-refractivity contribution in [1.82, 2.24) is 15.5 Å². The average molecular weight is 383 g/mol. The van der Waals surface area contributed by atoms with Gasteiger partial charge in [-0.15, -0.1) is 0 Å². The van der Waals surface area contributed by atoms with Crippen molar-refractivity contribution in [3.63, 3.8) is 0 Å². The molecule has 0 bridgehead atoms. The minimum Gasteiger partial charge on any atom is -0.496 e. The number of rotatable bonds is 8. The van der Waals surface area contributed by atoms with Gasteiger partial charge >= 0.3 is 0 Å². The number of nitrogens with one attached hydrogen (secondary N) is 3. The molecule has 0 fully saturated rings. The molecule has 0 saturated carbocycles. The zero-order valence-electron chi connectivity index (χ0n) is 15.3. The number of hydrogen-bond donors (Lipinski definition) is 4. The van der Waals surface area contributed by atoms with Crippen LogP contribution in [0.1, 0.15) is 27.3 Å². The van der Waals surface area contributed by atoms with Gasteiger partial charge in [-0.2, -0.15) is 5.10 Å². The van der Waals surface area contributed by atoms with E-state index in [9.17, 15) is 9.59 Å². The normalized spacial score (nSPS) is 10.5. The number of ether oxygens (including phenoxy) is 1. The standard InChI is InChI=1S/C19H21N5O4/c1-27-16-6-5-12(10-13(16)18(25)21-8-3-7-20)22-19(26)15-11-14(23-24-15)17-4-2-9-28-17/h2,4-6,9-11H,3,7-8,20H2,1H3,(H,21,25)(H,22,26)(H,23,24). The number of carbonyl (C=O) groups is 2. The van der Waals surface area contributed by atoms with E-state index in [2.05, 4.69) is 20.8 Å². The highest BCUT2D eigenvalue weighted by Gasteiger charge is 2.16. The number of benzene rings is 1. The summed E-state index contributed by atoms with van der Waals surface area (Å²) >= 11 is 0. The van der Waals surface area contributed by atoms with Crippen LogP contribution in [0, 0.1) is 0 Å². The van der Waals surface area contributed by atoms with Gasteiger partial charge in [-0.1, -0.05) is 0 Å². The Morgan fingerprint density at radius 1 is 1.25 bits per heavy atom. The summed E-state index contributed by atoms with van der Waals surface area (Å²) in [7, 11) is 1.48. The molecule has 0 aliphatic carbocycles. The van der Waals surface area contributed by atoms with E-state index in [1.54, 1.807) is 36.4 Å². The van der Waals surface area contributed by atoms with Gasteiger partial charge in [-0.25, -0.2) is 0 Å². The Labute approximate surface area is 161 Å². The number of aromatic amines is 1. The van der Waals surface area contributed by atoms with Crippen molar-refractivity contribution >= 4 is 17.5 Å². The number of aromatic nitrogens is 2. The molecule has 0 atom stereocenters. The molecule has 2 heterocycles. The first-order chi connectivity index (χ1) is 13.6. The summed E-state index contributed by atoms with van der Waals surface area (Å²) in [5, 5.41) is 12.2. The maximum Gasteiger partial charge on any atom is 0.276 e. The highest BCUT2D eigenvalue weighted by molar-refractivity contribution is 6.05. The van der Waals surface area contributed by atoms with Crippen LogP contribution in [0.25, 0.3) is 11.5 Å². The minimum atomic E-state index is -0.422. The van der Waals surface area contributed by atoms with Gasteiger partial charge < -0.3 is 25.5 Å². The molecule has 3 rings (SSSR count). The summed E-state index contributed by atoms with van der Waals surface area (Å²) in [5.41, 5.74) is 6.97. The van der Waals surface area contributed by atoms with E-state index in [1.807, 2.05) is 0 Å². The van der Waals surface area contributed by atoms with Gasteiger partial charge in [0.15, 0.2) is 11.5 Å². The lowest BCUT2D eigenvalue weighted by molar-refractivity contribution is 0.0949. The van der Waals surface area contributed by atoms with Crippen molar-refractivity contribution in [2.24, 2.45) is 5.73 Å². The van der Waals surface area contributed by atoms with Crippen molar-refractivity contribution in [1.29, 1.82) is 0 Å². The second-order valence-electron chi connectivity index (χ2n) is 5.91. The molecule has 5 N–H and O–H groups in total. The van der Waals surface area contributed by atoms with E-state index in [1.165, 1.54) is 13.4 Å². The summed E-state index contributed by atoms with van der Waals surface area (Å²) in [6.45, 7) is 0.940. The minimum absolute atomic E-state index is 0.191. The van der Waals surface area contributed by atoms with E-state index in [0.29, 0.717) is 48.0 Å².